The Morgan fingerprint density at radius 3 is 1.35 bits per heavy atom. The molecule has 0 radical (unpaired) electrons. The van der Waals surface area contributed by atoms with Crippen LogP contribution in [-0.4, -0.2) is 23.1 Å². The summed E-state index contributed by atoms with van der Waals surface area (Å²) in [4.78, 5) is 22.6. The fraction of sp³-hybridized carbons (Fsp3) is 0.933. The summed E-state index contributed by atoms with van der Waals surface area (Å²) in [6, 6.07) is 0. The number of hydrogen-bond donors (Lipinski definition) is 1. The average Bonchev–Trinajstić information content (AvgIpc) is 2.82. The summed E-state index contributed by atoms with van der Waals surface area (Å²) in [5.41, 5.74) is 0. The summed E-state index contributed by atoms with van der Waals surface area (Å²) < 4.78 is 5.72. The van der Waals surface area contributed by atoms with E-state index >= 15 is 0 Å². The van der Waals surface area contributed by atoms with Gasteiger partial charge in [0.25, 0.3) is 0 Å². The lowest BCUT2D eigenvalue weighted by atomic mass is 10.0. The summed E-state index contributed by atoms with van der Waals surface area (Å²) in [5, 5.41) is 8.62. The summed E-state index contributed by atoms with van der Waals surface area (Å²) in [5.74, 6) is -0.660. The van der Waals surface area contributed by atoms with Crippen molar-refractivity contribution in [3.05, 3.63) is 0 Å². The minimum atomic E-state index is -0.671. The summed E-state index contributed by atoms with van der Waals surface area (Å²) in [6.45, 7) is 4.38. The van der Waals surface area contributed by atoms with Crippen LogP contribution in [0.15, 0.2) is 0 Å². The topological polar surface area (TPSA) is 63.6 Å². The van der Waals surface area contributed by atoms with E-state index in [4.69, 9.17) is 9.84 Å². The van der Waals surface area contributed by atoms with Gasteiger partial charge in [-0.2, -0.15) is 0 Å². The maximum absolute atomic E-state index is 12.1. The van der Waals surface area contributed by atoms with Crippen molar-refractivity contribution in [1.29, 1.82) is 0 Å². The molecule has 0 bridgehead atoms. The van der Waals surface area contributed by atoms with E-state index in [1.807, 2.05) is 0 Å². The highest BCUT2D eigenvalue weighted by Crippen LogP contribution is 2.16. The van der Waals surface area contributed by atoms with Gasteiger partial charge in [0.15, 0.2) is 0 Å². The molecule has 1 N–H and O–H groups in total. The average molecular weight is 483 g/mol. The molecule has 34 heavy (non-hydrogen) atoms. The molecule has 0 spiro atoms. The summed E-state index contributed by atoms with van der Waals surface area (Å²) >= 11 is 0. The normalized spacial score (nSPS) is 12.1. The molecule has 0 aromatic carbocycles. The predicted octanol–water partition coefficient (Wildman–Crippen LogP) is 9.78. The van der Waals surface area contributed by atoms with Crippen LogP contribution >= 0.6 is 0 Å². The van der Waals surface area contributed by atoms with E-state index in [-0.39, 0.29) is 12.1 Å². The highest BCUT2D eigenvalue weighted by atomic mass is 16.5. The zero-order valence-electron chi connectivity index (χ0n) is 22.9. The summed E-state index contributed by atoms with van der Waals surface area (Å²) in [7, 11) is 0. The molecule has 202 valence electrons. The fourth-order valence-electron chi connectivity index (χ4n) is 4.59. The van der Waals surface area contributed by atoms with E-state index in [2.05, 4.69) is 13.8 Å². The van der Waals surface area contributed by atoms with Gasteiger partial charge >= 0.3 is 11.9 Å². The molecule has 1 unspecified atom stereocenters. The van der Waals surface area contributed by atoms with Crippen LogP contribution in [0.1, 0.15) is 174 Å². The molecular weight excluding hydrogens is 424 g/mol. The molecule has 0 saturated heterocycles. The first-order chi connectivity index (χ1) is 16.6. The van der Waals surface area contributed by atoms with E-state index in [1.165, 1.54) is 109 Å². The SMILES string of the molecule is CCCCCCCCCCCC(=O)OC(CC)CCCCCCCCCCCCCCC(=O)O. The van der Waals surface area contributed by atoms with Gasteiger partial charge in [-0.1, -0.05) is 129 Å². The molecule has 0 fully saturated rings. The lowest BCUT2D eigenvalue weighted by Gasteiger charge is -2.16. The zero-order chi connectivity index (χ0) is 25.1. The molecule has 4 heteroatoms. The van der Waals surface area contributed by atoms with Crippen LogP contribution in [0.5, 0.6) is 0 Å². The van der Waals surface area contributed by atoms with E-state index < -0.39 is 5.97 Å². The molecule has 4 nitrogen and oxygen atoms in total. The largest absolute Gasteiger partial charge is 0.481 e. The molecule has 0 rings (SSSR count). The van der Waals surface area contributed by atoms with Gasteiger partial charge in [-0.05, 0) is 32.1 Å². The first kappa shape index (κ1) is 32.9. The van der Waals surface area contributed by atoms with Crippen molar-refractivity contribution < 1.29 is 19.4 Å². The molecule has 0 aromatic heterocycles. The number of ether oxygens (including phenoxy) is 1. The van der Waals surface area contributed by atoms with E-state index in [1.54, 1.807) is 0 Å². The van der Waals surface area contributed by atoms with Crippen LogP contribution in [0.2, 0.25) is 0 Å². The standard InChI is InChI=1S/C30H58O4/c1-3-5-6-7-8-13-18-21-24-27-30(33)34-28(4-2)25-22-19-16-14-11-9-10-12-15-17-20-23-26-29(31)32/h28H,3-27H2,1-2H3,(H,31,32). The smallest absolute Gasteiger partial charge is 0.306 e. The van der Waals surface area contributed by atoms with Gasteiger partial charge in [0.05, 0.1) is 0 Å². The first-order valence-electron chi connectivity index (χ1n) is 15.0. The van der Waals surface area contributed by atoms with Gasteiger partial charge in [0.1, 0.15) is 6.10 Å². The van der Waals surface area contributed by atoms with E-state index in [9.17, 15) is 9.59 Å². The second-order valence-electron chi connectivity index (χ2n) is 10.3. The Morgan fingerprint density at radius 1 is 0.559 bits per heavy atom. The Hall–Kier alpha value is -1.06. The molecule has 0 heterocycles. The molecule has 0 aromatic rings. The second-order valence-corrected chi connectivity index (χ2v) is 10.3. The number of aliphatic carboxylic acids is 1. The number of esters is 1. The van der Waals surface area contributed by atoms with Crippen molar-refractivity contribution in [3.8, 4) is 0 Å². The number of carbonyl (C=O) groups is 2. The van der Waals surface area contributed by atoms with Crippen LogP contribution in [0, 0.1) is 0 Å². The van der Waals surface area contributed by atoms with Crippen molar-refractivity contribution in [2.24, 2.45) is 0 Å². The first-order valence-corrected chi connectivity index (χ1v) is 15.0. The maximum Gasteiger partial charge on any atom is 0.306 e. The third-order valence-corrected chi connectivity index (χ3v) is 6.90. The maximum atomic E-state index is 12.1. The van der Waals surface area contributed by atoms with Gasteiger partial charge in [-0.3, -0.25) is 9.59 Å². The van der Waals surface area contributed by atoms with Crippen molar-refractivity contribution >= 4 is 11.9 Å². The van der Waals surface area contributed by atoms with Crippen LogP contribution < -0.4 is 0 Å². The molecular formula is C30H58O4. The Balaban J connectivity index is 3.42. The molecule has 0 saturated carbocycles. The van der Waals surface area contributed by atoms with Crippen molar-refractivity contribution in [2.75, 3.05) is 0 Å². The Morgan fingerprint density at radius 2 is 0.941 bits per heavy atom. The van der Waals surface area contributed by atoms with Gasteiger partial charge in [0.2, 0.25) is 0 Å². The van der Waals surface area contributed by atoms with Crippen molar-refractivity contribution in [1.82, 2.24) is 0 Å². The van der Waals surface area contributed by atoms with Gasteiger partial charge in [-0.25, -0.2) is 0 Å². The number of carbonyl (C=O) groups excluding carboxylic acids is 1. The lowest BCUT2D eigenvalue weighted by Crippen LogP contribution is -2.17. The third-order valence-electron chi connectivity index (χ3n) is 6.90. The minimum Gasteiger partial charge on any atom is -0.481 e. The number of carboxylic acids is 1. The molecule has 0 aliphatic carbocycles. The highest BCUT2D eigenvalue weighted by molar-refractivity contribution is 5.69. The third kappa shape index (κ3) is 25.6. The second kappa shape index (κ2) is 26.5. The van der Waals surface area contributed by atoms with E-state index in [0.717, 1.165) is 38.5 Å². The monoisotopic (exact) mass is 482 g/mol. The summed E-state index contributed by atoms with van der Waals surface area (Å²) in [6.07, 6.45) is 29.0. The number of hydrogen-bond acceptors (Lipinski definition) is 3. The molecule has 0 aliphatic heterocycles. The zero-order valence-corrected chi connectivity index (χ0v) is 22.9. The number of carboxylic acid groups (broad SMARTS) is 1. The molecule has 0 amide bonds. The Labute approximate surface area is 212 Å². The van der Waals surface area contributed by atoms with Gasteiger partial charge in [0, 0.05) is 12.8 Å². The molecule has 1 atom stereocenters. The fourth-order valence-corrected chi connectivity index (χ4v) is 4.59. The van der Waals surface area contributed by atoms with E-state index in [0.29, 0.717) is 12.8 Å². The number of unbranched alkanes of at least 4 members (excludes halogenated alkanes) is 19. The minimum absolute atomic E-state index is 0.0108. The number of rotatable bonds is 27. The van der Waals surface area contributed by atoms with Crippen LogP contribution in [0.25, 0.3) is 0 Å². The lowest BCUT2D eigenvalue weighted by molar-refractivity contribution is -0.149. The van der Waals surface area contributed by atoms with Gasteiger partial charge in [-0.15, -0.1) is 0 Å². The van der Waals surface area contributed by atoms with Crippen molar-refractivity contribution in [3.63, 3.8) is 0 Å². The quantitative estimate of drug-likeness (QED) is 0.0934. The predicted molar refractivity (Wildman–Crippen MR) is 144 cm³/mol. The van der Waals surface area contributed by atoms with Crippen LogP contribution in [0.3, 0.4) is 0 Å². The Bertz CT molecular complexity index is 449. The van der Waals surface area contributed by atoms with Crippen molar-refractivity contribution in [2.45, 2.75) is 180 Å². The van der Waals surface area contributed by atoms with Crippen LogP contribution in [0.4, 0.5) is 0 Å². The van der Waals surface area contributed by atoms with Gasteiger partial charge < -0.3 is 9.84 Å². The molecule has 0 aliphatic rings. The highest BCUT2D eigenvalue weighted by Gasteiger charge is 2.12. The Kier molecular flexibility index (Phi) is 25.7. The van der Waals surface area contributed by atoms with Crippen LogP contribution in [-0.2, 0) is 14.3 Å².